The zero-order valence-corrected chi connectivity index (χ0v) is 12.8. The molecule has 0 saturated carbocycles. The maximum atomic E-state index is 6.07. The Morgan fingerprint density at radius 3 is 2.19 bits per heavy atom. The van der Waals surface area contributed by atoms with Crippen LogP contribution in [-0.4, -0.2) is 12.6 Å². The molecular weight excluding hydrogens is 260 g/mol. The van der Waals surface area contributed by atoms with Gasteiger partial charge in [-0.3, -0.25) is 0 Å². The number of para-hydroxylation sites is 1. The van der Waals surface area contributed by atoms with Gasteiger partial charge in [-0.25, -0.2) is 0 Å². The minimum absolute atomic E-state index is 0.185. The topological polar surface area (TPSA) is 47.3 Å². The van der Waals surface area contributed by atoms with Crippen molar-refractivity contribution in [1.29, 1.82) is 0 Å². The summed E-state index contributed by atoms with van der Waals surface area (Å²) >= 11 is 0. The molecule has 0 spiro atoms. The summed E-state index contributed by atoms with van der Waals surface area (Å²) in [4.78, 5) is 0. The summed E-state index contributed by atoms with van der Waals surface area (Å²) in [5.74, 6) is 2.30. The molecule has 0 radical (unpaired) electrons. The van der Waals surface area contributed by atoms with Crippen LogP contribution in [0.1, 0.15) is 20.3 Å². The molecule has 1 unspecified atom stereocenters. The smallest absolute Gasteiger partial charge is 0.127 e. The monoisotopic (exact) mass is 284 g/mol. The second kappa shape index (κ2) is 7.70. The standard InChI is InChI=1S/C18H24N2O/c1-14(2)12-15(19)13-20-16-8-10-18(11-9-16)21-17-6-4-3-5-7-17/h3-11,14-15,20H,12-13,19H2,1-2H3. The summed E-state index contributed by atoms with van der Waals surface area (Å²) in [6.45, 7) is 5.17. The van der Waals surface area contributed by atoms with Crippen LogP contribution in [0.2, 0.25) is 0 Å². The Kier molecular flexibility index (Phi) is 5.64. The second-order valence-corrected chi connectivity index (χ2v) is 5.71. The van der Waals surface area contributed by atoms with Crippen molar-refractivity contribution < 1.29 is 4.74 Å². The average molecular weight is 284 g/mol. The Morgan fingerprint density at radius 2 is 1.57 bits per heavy atom. The Hall–Kier alpha value is -2.00. The molecule has 0 aliphatic heterocycles. The highest BCUT2D eigenvalue weighted by atomic mass is 16.5. The van der Waals surface area contributed by atoms with Gasteiger partial charge in [0.15, 0.2) is 0 Å². The van der Waals surface area contributed by atoms with E-state index < -0.39 is 0 Å². The number of ether oxygens (including phenoxy) is 1. The van der Waals surface area contributed by atoms with Gasteiger partial charge in [0.2, 0.25) is 0 Å². The molecule has 0 bridgehead atoms. The van der Waals surface area contributed by atoms with E-state index in [0.29, 0.717) is 5.92 Å². The number of anilines is 1. The summed E-state index contributed by atoms with van der Waals surface area (Å²) in [5, 5.41) is 3.36. The van der Waals surface area contributed by atoms with E-state index in [1.807, 2.05) is 54.6 Å². The highest BCUT2D eigenvalue weighted by Crippen LogP contribution is 2.22. The molecule has 0 amide bonds. The number of hydrogen-bond acceptors (Lipinski definition) is 3. The fourth-order valence-corrected chi connectivity index (χ4v) is 2.20. The first-order valence-electron chi connectivity index (χ1n) is 7.46. The van der Waals surface area contributed by atoms with Crippen molar-refractivity contribution in [2.24, 2.45) is 11.7 Å². The van der Waals surface area contributed by atoms with E-state index in [1.54, 1.807) is 0 Å². The van der Waals surface area contributed by atoms with E-state index in [9.17, 15) is 0 Å². The van der Waals surface area contributed by atoms with Crippen LogP contribution in [0.15, 0.2) is 54.6 Å². The average Bonchev–Trinajstić information content (AvgIpc) is 2.47. The number of rotatable bonds is 7. The normalized spacial score (nSPS) is 12.2. The van der Waals surface area contributed by atoms with Crippen molar-refractivity contribution in [3.05, 3.63) is 54.6 Å². The fourth-order valence-electron chi connectivity index (χ4n) is 2.20. The van der Waals surface area contributed by atoms with Gasteiger partial charge in [0, 0.05) is 18.3 Å². The lowest BCUT2D eigenvalue weighted by Crippen LogP contribution is -2.30. The van der Waals surface area contributed by atoms with E-state index >= 15 is 0 Å². The number of hydrogen-bond donors (Lipinski definition) is 2. The van der Waals surface area contributed by atoms with Crippen LogP contribution in [0, 0.1) is 5.92 Å². The highest BCUT2D eigenvalue weighted by molar-refractivity contribution is 5.47. The lowest BCUT2D eigenvalue weighted by Gasteiger charge is -2.15. The van der Waals surface area contributed by atoms with Crippen molar-refractivity contribution >= 4 is 5.69 Å². The Morgan fingerprint density at radius 1 is 0.952 bits per heavy atom. The predicted molar refractivity (Wildman–Crippen MR) is 88.9 cm³/mol. The molecule has 0 saturated heterocycles. The third kappa shape index (κ3) is 5.48. The van der Waals surface area contributed by atoms with Crippen molar-refractivity contribution in [1.82, 2.24) is 0 Å². The first-order chi connectivity index (χ1) is 10.1. The summed E-state index contributed by atoms with van der Waals surface area (Å²) in [6.07, 6.45) is 1.03. The van der Waals surface area contributed by atoms with Gasteiger partial charge in [0.25, 0.3) is 0 Å². The van der Waals surface area contributed by atoms with Crippen molar-refractivity contribution in [2.45, 2.75) is 26.3 Å². The first-order valence-corrected chi connectivity index (χ1v) is 7.46. The second-order valence-electron chi connectivity index (χ2n) is 5.71. The fraction of sp³-hybridized carbons (Fsp3) is 0.333. The zero-order valence-electron chi connectivity index (χ0n) is 12.8. The molecule has 3 nitrogen and oxygen atoms in total. The Labute approximate surface area is 127 Å². The maximum absolute atomic E-state index is 6.07. The minimum atomic E-state index is 0.185. The molecule has 0 aliphatic carbocycles. The van der Waals surface area contributed by atoms with Gasteiger partial charge < -0.3 is 15.8 Å². The number of nitrogens with two attached hydrogens (primary N) is 1. The number of nitrogens with one attached hydrogen (secondary N) is 1. The summed E-state index contributed by atoms with van der Waals surface area (Å²) in [7, 11) is 0. The van der Waals surface area contributed by atoms with E-state index in [0.717, 1.165) is 30.2 Å². The van der Waals surface area contributed by atoms with Crippen molar-refractivity contribution in [2.75, 3.05) is 11.9 Å². The molecule has 1 atom stereocenters. The van der Waals surface area contributed by atoms with E-state index in [1.165, 1.54) is 0 Å². The van der Waals surface area contributed by atoms with Gasteiger partial charge in [-0.2, -0.15) is 0 Å². The van der Waals surface area contributed by atoms with Gasteiger partial charge in [-0.15, -0.1) is 0 Å². The summed E-state index contributed by atoms with van der Waals surface area (Å²) in [6, 6.07) is 17.9. The van der Waals surface area contributed by atoms with Gasteiger partial charge in [0.1, 0.15) is 11.5 Å². The van der Waals surface area contributed by atoms with Gasteiger partial charge in [0.05, 0.1) is 0 Å². The van der Waals surface area contributed by atoms with Crippen LogP contribution < -0.4 is 15.8 Å². The lowest BCUT2D eigenvalue weighted by molar-refractivity contribution is 0.482. The van der Waals surface area contributed by atoms with E-state index in [2.05, 4.69) is 19.2 Å². The Bertz CT molecular complexity index is 523. The molecule has 0 aromatic heterocycles. The molecule has 2 aromatic rings. The number of benzene rings is 2. The zero-order chi connectivity index (χ0) is 15.1. The van der Waals surface area contributed by atoms with Crippen molar-refractivity contribution in [3.63, 3.8) is 0 Å². The van der Waals surface area contributed by atoms with Gasteiger partial charge >= 0.3 is 0 Å². The summed E-state index contributed by atoms with van der Waals surface area (Å²) in [5.41, 5.74) is 7.13. The predicted octanol–water partition coefficient (Wildman–Crippen LogP) is 4.26. The van der Waals surface area contributed by atoms with Crippen LogP contribution in [0.5, 0.6) is 11.5 Å². The van der Waals surface area contributed by atoms with Crippen LogP contribution in [-0.2, 0) is 0 Å². The van der Waals surface area contributed by atoms with Crippen molar-refractivity contribution in [3.8, 4) is 11.5 Å². The van der Waals surface area contributed by atoms with Crippen LogP contribution in [0.4, 0.5) is 5.69 Å². The van der Waals surface area contributed by atoms with Gasteiger partial charge in [-0.1, -0.05) is 32.0 Å². The molecule has 112 valence electrons. The molecule has 0 fully saturated rings. The van der Waals surface area contributed by atoms with E-state index in [-0.39, 0.29) is 6.04 Å². The lowest BCUT2D eigenvalue weighted by atomic mass is 10.0. The maximum Gasteiger partial charge on any atom is 0.127 e. The van der Waals surface area contributed by atoms with Crippen LogP contribution in [0.3, 0.4) is 0 Å². The molecule has 0 aliphatic rings. The molecule has 3 N–H and O–H groups in total. The third-order valence-electron chi connectivity index (χ3n) is 3.18. The molecule has 21 heavy (non-hydrogen) atoms. The first kappa shape index (κ1) is 15.4. The molecule has 2 aromatic carbocycles. The van der Waals surface area contributed by atoms with Crippen LogP contribution >= 0.6 is 0 Å². The van der Waals surface area contributed by atoms with E-state index in [4.69, 9.17) is 10.5 Å². The summed E-state index contributed by atoms with van der Waals surface area (Å²) < 4.78 is 5.76. The SMILES string of the molecule is CC(C)CC(N)CNc1ccc(Oc2ccccc2)cc1. The third-order valence-corrected chi connectivity index (χ3v) is 3.18. The quantitative estimate of drug-likeness (QED) is 0.798. The Balaban J connectivity index is 1.84. The molecule has 2 rings (SSSR count). The molecular formula is C18H24N2O. The minimum Gasteiger partial charge on any atom is -0.457 e. The van der Waals surface area contributed by atoms with Gasteiger partial charge in [-0.05, 0) is 48.7 Å². The highest BCUT2D eigenvalue weighted by Gasteiger charge is 2.05. The molecule has 0 heterocycles. The molecule has 3 heteroatoms. The van der Waals surface area contributed by atoms with Crippen LogP contribution in [0.25, 0.3) is 0 Å². The largest absolute Gasteiger partial charge is 0.457 e.